The molecule has 0 aliphatic heterocycles. The molecule has 3 aromatic rings. The summed E-state index contributed by atoms with van der Waals surface area (Å²) in [6.45, 7) is 0. The molecule has 0 unspecified atom stereocenters. The number of hydrogen-bond donors (Lipinski definition) is 0. The fourth-order valence-electron chi connectivity index (χ4n) is 1.56. The summed E-state index contributed by atoms with van der Waals surface area (Å²) in [5.74, 6) is 0.496. The Bertz CT molecular complexity index is 580. The number of imidazole rings is 1. The van der Waals surface area contributed by atoms with Gasteiger partial charge in [-0.15, -0.1) is 34.3 Å². The molecule has 0 bridgehead atoms. The van der Waals surface area contributed by atoms with E-state index in [1.807, 2.05) is 6.20 Å². The van der Waals surface area contributed by atoms with Gasteiger partial charge in [0.1, 0.15) is 0 Å². The van der Waals surface area contributed by atoms with E-state index in [1.54, 1.807) is 22.7 Å². The van der Waals surface area contributed by atoms with Gasteiger partial charge in [0.25, 0.3) is 0 Å². The quantitative estimate of drug-likeness (QED) is 0.635. The molecular weight excluding hydrogens is 248 g/mol. The van der Waals surface area contributed by atoms with E-state index in [4.69, 9.17) is 11.6 Å². The molecule has 0 saturated heterocycles. The van der Waals surface area contributed by atoms with Crippen molar-refractivity contribution in [3.8, 4) is 10.6 Å². The van der Waals surface area contributed by atoms with E-state index in [0.29, 0.717) is 5.88 Å². The molecule has 0 amide bonds. The second-order valence-electron chi connectivity index (χ2n) is 3.10. The van der Waals surface area contributed by atoms with Gasteiger partial charge in [-0.05, 0) is 11.4 Å². The summed E-state index contributed by atoms with van der Waals surface area (Å²) < 4.78 is 2.13. The van der Waals surface area contributed by atoms with Crippen molar-refractivity contribution in [2.24, 2.45) is 0 Å². The zero-order valence-electron chi connectivity index (χ0n) is 7.68. The van der Waals surface area contributed by atoms with E-state index < -0.39 is 0 Å². The van der Waals surface area contributed by atoms with E-state index in [9.17, 15) is 0 Å². The van der Waals surface area contributed by atoms with Crippen molar-refractivity contribution in [1.29, 1.82) is 0 Å². The molecule has 0 fully saturated rings. The van der Waals surface area contributed by atoms with Crippen molar-refractivity contribution in [2.75, 3.05) is 0 Å². The van der Waals surface area contributed by atoms with Crippen molar-refractivity contribution in [2.45, 2.75) is 5.88 Å². The summed E-state index contributed by atoms with van der Waals surface area (Å²) >= 11 is 9.27. The summed E-state index contributed by atoms with van der Waals surface area (Å²) in [6.07, 6.45) is 1.84. The van der Waals surface area contributed by atoms with Crippen LogP contribution in [-0.2, 0) is 5.88 Å². The van der Waals surface area contributed by atoms with E-state index in [-0.39, 0.29) is 0 Å². The molecule has 5 heteroatoms. The number of alkyl halides is 1. The number of aromatic nitrogens is 2. The lowest BCUT2D eigenvalue weighted by Gasteiger charge is -1.98. The fourth-order valence-corrected chi connectivity index (χ4v) is 3.44. The highest BCUT2D eigenvalue weighted by molar-refractivity contribution is 7.16. The number of nitrogens with zero attached hydrogens (tertiary/aromatic N) is 2. The molecule has 0 aromatic carbocycles. The highest BCUT2D eigenvalue weighted by Gasteiger charge is 2.11. The van der Waals surface area contributed by atoms with Crippen LogP contribution in [0.4, 0.5) is 0 Å². The highest BCUT2D eigenvalue weighted by Crippen LogP contribution is 2.30. The van der Waals surface area contributed by atoms with Crippen molar-refractivity contribution in [1.82, 2.24) is 9.38 Å². The molecule has 76 valence electrons. The number of thiophene rings is 1. The van der Waals surface area contributed by atoms with Crippen LogP contribution in [0.15, 0.2) is 29.1 Å². The zero-order valence-corrected chi connectivity index (χ0v) is 10.1. The zero-order chi connectivity index (χ0) is 10.3. The molecule has 0 aliphatic carbocycles. The Labute approximate surface area is 99.8 Å². The molecule has 0 atom stereocenters. The van der Waals surface area contributed by atoms with Gasteiger partial charge in [0.15, 0.2) is 4.96 Å². The van der Waals surface area contributed by atoms with Gasteiger partial charge in [0, 0.05) is 5.38 Å². The van der Waals surface area contributed by atoms with Gasteiger partial charge in [0.05, 0.1) is 28.3 Å². The van der Waals surface area contributed by atoms with Crippen LogP contribution in [0, 0.1) is 0 Å². The van der Waals surface area contributed by atoms with Gasteiger partial charge in [0.2, 0.25) is 0 Å². The maximum Gasteiger partial charge on any atom is 0.194 e. The number of thiazole rings is 1. The third-order valence-corrected chi connectivity index (χ3v) is 4.24. The van der Waals surface area contributed by atoms with Gasteiger partial charge < -0.3 is 0 Å². The third kappa shape index (κ3) is 1.40. The Hall–Kier alpha value is -0.840. The normalized spacial score (nSPS) is 11.3. The summed E-state index contributed by atoms with van der Waals surface area (Å²) in [5.41, 5.74) is 2.24. The van der Waals surface area contributed by atoms with Gasteiger partial charge in [-0.3, -0.25) is 4.40 Å². The number of rotatable bonds is 2. The Kier molecular flexibility index (Phi) is 2.27. The number of hydrogen-bond acceptors (Lipinski definition) is 3. The molecule has 0 saturated carbocycles. The summed E-state index contributed by atoms with van der Waals surface area (Å²) in [6, 6.07) is 4.17. The predicted octanol–water partition coefficient (Wildman–Crippen LogP) is 3.86. The Morgan fingerprint density at radius 2 is 2.33 bits per heavy atom. The predicted molar refractivity (Wildman–Crippen MR) is 65.9 cm³/mol. The first-order chi connectivity index (χ1) is 7.40. The highest BCUT2D eigenvalue weighted by atomic mass is 35.5. The lowest BCUT2D eigenvalue weighted by molar-refractivity contribution is 1.12. The molecule has 0 N–H and O–H groups in total. The van der Waals surface area contributed by atoms with Gasteiger partial charge >= 0.3 is 0 Å². The van der Waals surface area contributed by atoms with E-state index in [1.165, 1.54) is 10.6 Å². The lowest BCUT2D eigenvalue weighted by Crippen LogP contribution is -1.88. The first-order valence-electron chi connectivity index (χ1n) is 4.44. The molecular formula is C10H7ClN2S2. The summed E-state index contributed by atoms with van der Waals surface area (Å²) in [4.78, 5) is 6.59. The minimum Gasteiger partial charge on any atom is -0.285 e. The number of fused-ring (bicyclic) bond motifs is 1. The Balaban J connectivity index is 2.31. The lowest BCUT2D eigenvalue weighted by atomic mass is 10.4. The van der Waals surface area contributed by atoms with E-state index in [2.05, 4.69) is 32.3 Å². The average Bonchev–Trinajstić information content (AvgIpc) is 2.94. The van der Waals surface area contributed by atoms with Gasteiger partial charge in [-0.25, -0.2) is 4.98 Å². The Morgan fingerprint density at radius 1 is 1.40 bits per heavy atom. The van der Waals surface area contributed by atoms with Crippen LogP contribution in [0.25, 0.3) is 15.5 Å². The minimum atomic E-state index is 0.496. The first kappa shape index (κ1) is 9.39. The third-order valence-electron chi connectivity index (χ3n) is 2.23. The molecule has 2 nitrogen and oxygen atoms in total. The second-order valence-corrected chi connectivity index (χ2v) is 5.15. The van der Waals surface area contributed by atoms with E-state index >= 15 is 0 Å². The first-order valence-corrected chi connectivity index (χ1v) is 6.73. The van der Waals surface area contributed by atoms with Crippen LogP contribution in [0.2, 0.25) is 0 Å². The molecule has 0 spiro atoms. The SMILES string of the molecule is ClCc1cnc2scc(-c3cccs3)n12. The Morgan fingerprint density at radius 3 is 3.07 bits per heavy atom. The molecule has 0 radical (unpaired) electrons. The molecule has 3 heterocycles. The monoisotopic (exact) mass is 254 g/mol. The minimum absolute atomic E-state index is 0.496. The second kappa shape index (κ2) is 3.63. The fraction of sp³-hybridized carbons (Fsp3) is 0.100. The van der Waals surface area contributed by atoms with Crippen LogP contribution in [-0.4, -0.2) is 9.38 Å². The topological polar surface area (TPSA) is 17.3 Å². The van der Waals surface area contributed by atoms with Gasteiger partial charge in [-0.1, -0.05) is 6.07 Å². The average molecular weight is 255 g/mol. The summed E-state index contributed by atoms with van der Waals surface area (Å²) in [7, 11) is 0. The van der Waals surface area contributed by atoms with Crippen LogP contribution >= 0.6 is 34.3 Å². The molecule has 0 aliphatic rings. The van der Waals surface area contributed by atoms with Crippen molar-refractivity contribution in [3.63, 3.8) is 0 Å². The van der Waals surface area contributed by atoms with Gasteiger partial charge in [-0.2, -0.15) is 0 Å². The smallest absolute Gasteiger partial charge is 0.194 e. The van der Waals surface area contributed by atoms with Crippen molar-refractivity contribution >= 4 is 39.2 Å². The van der Waals surface area contributed by atoms with Crippen molar-refractivity contribution in [3.05, 3.63) is 34.8 Å². The standard InChI is InChI=1S/C10H7ClN2S2/c11-4-7-5-12-10-13(7)8(6-15-10)9-2-1-3-14-9/h1-3,5-6H,4H2. The van der Waals surface area contributed by atoms with E-state index in [0.717, 1.165) is 10.7 Å². The molecule has 15 heavy (non-hydrogen) atoms. The van der Waals surface area contributed by atoms with Crippen LogP contribution in [0.5, 0.6) is 0 Å². The molecule has 3 rings (SSSR count). The van der Waals surface area contributed by atoms with Crippen LogP contribution < -0.4 is 0 Å². The maximum absolute atomic E-state index is 5.88. The van der Waals surface area contributed by atoms with Crippen LogP contribution in [0.1, 0.15) is 5.69 Å². The number of halogens is 1. The summed E-state index contributed by atoms with van der Waals surface area (Å²) in [5, 5.41) is 4.21. The van der Waals surface area contributed by atoms with Crippen molar-refractivity contribution < 1.29 is 0 Å². The largest absolute Gasteiger partial charge is 0.285 e. The molecule has 3 aromatic heterocycles. The maximum atomic E-state index is 5.88. The van der Waals surface area contributed by atoms with Crippen LogP contribution in [0.3, 0.4) is 0 Å².